The molecule has 26 heavy (non-hydrogen) atoms. The summed E-state index contributed by atoms with van der Waals surface area (Å²) in [5, 5.41) is 2.88. The van der Waals surface area contributed by atoms with Crippen LogP contribution in [0.5, 0.6) is 0 Å². The van der Waals surface area contributed by atoms with E-state index in [1.54, 1.807) is 24.3 Å². The minimum absolute atomic E-state index is 0.0432. The fourth-order valence-electron chi connectivity index (χ4n) is 4.52. The van der Waals surface area contributed by atoms with Gasteiger partial charge in [-0.05, 0) is 43.0 Å². The van der Waals surface area contributed by atoms with Crippen molar-refractivity contribution in [3.63, 3.8) is 0 Å². The Bertz CT molecular complexity index is 749. The van der Waals surface area contributed by atoms with Gasteiger partial charge in [0.1, 0.15) is 6.10 Å². The molecule has 6 atom stereocenters. The molecule has 4 rings (SSSR count). The largest absolute Gasteiger partial charge is 0.462 e. The van der Waals surface area contributed by atoms with E-state index in [2.05, 4.69) is 21.2 Å². The molecule has 2 saturated carbocycles. The summed E-state index contributed by atoms with van der Waals surface area (Å²) in [4.78, 5) is 36.8. The van der Waals surface area contributed by atoms with Crippen molar-refractivity contribution in [3.8, 4) is 0 Å². The van der Waals surface area contributed by atoms with E-state index in [0.717, 1.165) is 12.8 Å². The molecule has 1 amide bonds. The first kappa shape index (κ1) is 17.5. The number of ether oxygens (including phenoxy) is 2. The minimum Gasteiger partial charge on any atom is -0.462 e. The van der Waals surface area contributed by atoms with Gasteiger partial charge >= 0.3 is 11.9 Å². The van der Waals surface area contributed by atoms with E-state index in [1.807, 2.05) is 6.92 Å². The van der Waals surface area contributed by atoms with Crippen LogP contribution in [0.1, 0.15) is 30.1 Å². The van der Waals surface area contributed by atoms with Crippen molar-refractivity contribution < 1.29 is 23.9 Å². The molecule has 6 nitrogen and oxygen atoms in total. The maximum Gasteiger partial charge on any atom is 0.338 e. The highest BCUT2D eigenvalue weighted by atomic mass is 79.9. The van der Waals surface area contributed by atoms with Gasteiger partial charge in [0, 0.05) is 11.6 Å². The number of alkyl halides is 1. The molecular weight excluding hydrogens is 402 g/mol. The second-order valence-electron chi connectivity index (χ2n) is 7.16. The van der Waals surface area contributed by atoms with E-state index in [0.29, 0.717) is 17.9 Å². The van der Waals surface area contributed by atoms with Crippen molar-refractivity contribution in [2.24, 2.45) is 23.7 Å². The van der Waals surface area contributed by atoms with Crippen molar-refractivity contribution in [2.75, 3.05) is 11.9 Å². The van der Waals surface area contributed by atoms with Crippen LogP contribution in [0.15, 0.2) is 24.3 Å². The first-order valence-corrected chi connectivity index (χ1v) is 9.85. The van der Waals surface area contributed by atoms with Crippen LogP contribution in [0.4, 0.5) is 5.69 Å². The summed E-state index contributed by atoms with van der Waals surface area (Å²) in [6.07, 6.45) is 1.52. The summed E-state index contributed by atoms with van der Waals surface area (Å²) in [6, 6.07) is 6.60. The minimum atomic E-state index is -0.375. The molecule has 7 heteroatoms. The van der Waals surface area contributed by atoms with Crippen LogP contribution in [-0.2, 0) is 19.1 Å². The van der Waals surface area contributed by atoms with Gasteiger partial charge < -0.3 is 14.8 Å². The Morgan fingerprint density at radius 1 is 1.27 bits per heavy atom. The zero-order valence-corrected chi connectivity index (χ0v) is 15.9. The number of hydrogen-bond donors (Lipinski definition) is 1. The van der Waals surface area contributed by atoms with Gasteiger partial charge in [0.15, 0.2) is 0 Å². The van der Waals surface area contributed by atoms with Crippen LogP contribution < -0.4 is 5.32 Å². The number of amides is 1. The quantitative estimate of drug-likeness (QED) is 0.583. The van der Waals surface area contributed by atoms with E-state index in [1.165, 1.54) is 0 Å². The Balaban J connectivity index is 1.44. The van der Waals surface area contributed by atoms with E-state index >= 15 is 0 Å². The number of carbonyl (C=O) groups is 3. The average molecular weight is 422 g/mol. The molecule has 0 aromatic heterocycles. The maximum absolute atomic E-state index is 12.8. The molecule has 1 aliphatic heterocycles. The molecule has 1 aromatic carbocycles. The lowest BCUT2D eigenvalue weighted by molar-refractivity contribution is -0.145. The Labute approximate surface area is 159 Å². The van der Waals surface area contributed by atoms with Crippen molar-refractivity contribution in [3.05, 3.63) is 29.8 Å². The van der Waals surface area contributed by atoms with Gasteiger partial charge in [0.25, 0.3) is 0 Å². The number of hydrogen-bond acceptors (Lipinski definition) is 5. The number of rotatable bonds is 5. The van der Waals surface area contributed by atoms with Crippen LogP contribution >= 0.6 is 15.9 Å². The predicted molar refractivity (Wildman–Crippen MR) is 96.8 cm³/mol. The zero-order valence-electron chi connectivity index (χ0n) is 14.3. The SMILES string of the molecule is CCCOC(=O)c1ccc(NC(=O)[C@@H]2[C@H]3C[C@H]4[C@H](OC(=O)[C@@H]42)[C@H]3Br)cc1. The second-order valence-corrected chi connectivity index (χ2v) is 8.22. The van der Waals surface area contributed by atoms with Gasteiger partial charge in [-0.25, -0.2) is 4.79 Å². The highest BCUT2D eigenvalue weighted by Crippen LogP contribution is 2.60. The van der Waals surface area contributed by atoms with E-state index < -0.39 is 0 Å². The third kappa shape index (κ3) is 2.73. The van der Waals surface area contributed by atoms with Crippen LogP contribution in [-0.4, -0.2) is 35.4 Å². The van der Waals surface area contributed by atoms with Gasteiger partial charge in [0.05, 0.1) is 28.8 Å². The lowest BCUT2D eigenvalue weighted by atomic mass is 9.79. The summed E-state index contributed by atoms with van der Waals surface area (Å²) in [5.74, 6) is -1.23. The molecule has 2 bridgehead atoms. The first-order valence-electron chi connectivity index (χ1n) is 8.94. The van der Waals surface area contributed by atoms with Crippen LogP contribution in [0.25, 0.3) is 0 Å². The highest BCUT2D eigenvalue weighted by Gasteiger charge is 2.67. The molecule has 0 unspecified atom stereocenters. The lowest BCUT2D eigenvalue weighted by Gasteiger charge is -2.27. The Kier molecular flexibility index (Phi) is 4.50. The summed E-state index contributed by atoms with van der Waals surface area (Å²) >= 11 is 3.61. The normalized spacial score (nSPS) is 33.8. The van der Waals surface area contributed by atoms with Crippen molar-refractivity contribution in [1.29, 1.82) is 0 Å². The molecule has 1 heterocycles. The van der Waals surface area contributed by atoms with E-state index in [9.17, 15) is 14.4 Å². The van der Waals surface area contributed by atoms with Crippen LogP contribution in [0.2, 0.25) is 0 Å². The topological polar surface area (TPSA) is 81.7 Å². The molecule has 0 spiro atoms. The molecule has 1 aromatic rings. The number of nitrogens with one attached hydrogen (secondary N) is 1. The molecule has 0 radical (unpaired) electrons. The van der Waals surface area contributed by atoms with Gasteiger partial charge in [-0.3, -0.25) is 9.59 Å². The Morgan fingerprint density at radius 3 is 2.69 bits per heavy atom. The zero-order chi connectivity index (χ0) is 18.4. The third-order valence-corrected chi connectivity index (χ3v) is 6.85. The monoisotopic (exact) mass is 421 g/mol. The summed E-state index contributed by atoms with van der Waals surface area (Å²) in [5.41, 5.74) is 1.04. The molecule has 2 aliphatic carbocycles. The summed E-state index contributed by atoms with van der Waals surface area (Å²) in [7, 11) is 0. The number of carbonyl (C=O) groups excluding carboxylic acids is 3. The summed E-state index contributed by atoms with van der Waals surface area (Å²) in [6.45, 7) is 2.31. The van der Waals surface area contributed by atoms with Crippen LogP contribution in [0.3, 0.4) is 0 Å². The maximum atomic E-state index is 12.8. The van der Waals surface area contributed by atoms with Gasteiger partial charge in [-0.1, -0.05) is 22.9 Å². The van der Waals surface area contributed by atoms with E-state index in [-0.39, 0.29) is 52.4 Å². The van der Waals surface area contributed by atoms with Crippen molar-refractivity contribution in [2.45, 2.75) is 30.7 Å². The van der Waals surface area contributed by atoms with E-state index in [4.69, 9.17) is 9.47 Å². The average Bonchev–Trinajstić information content (AvgIpc) is 3.24. The number of benzene rings is 1. The first-order chi connectivity index (χ1) is 12.5. The lowest BCUT2D eigenvalue weighted by Crippen LogP contribution is -2.40. The highest BCUT2D eigenvalue weighted by molar-refractivity contribution is 9.09. The Morgan fingerprint density at radius 2 is 2.00 bits per heavy atom. The smallest absolute Gasteiger partial charge is 0.338 e. The van der Waals surface area contributed by atoms with Gasteiger partial charge in [0.2, 0.25) is 5.91 Å². The fraction of sp³-hybridized carbons (Fsp3) is 0.526. The number of anilines is 1. The van der Waals surface area contributed by atoms with Gasteiger partial charge in [-0.15, -0.1) is 0 Å². The number of halogens is 1. The van der Waals surface area contributed by atoms with Crippen LogP contribution in [0, 0.1) is 23.7 Å². The predicted octanol–water partition coefficient (Wildman–Crippen LogP) is 2.76. The molecule has 138 valence electrons. The third-order valence-electron chi connectivity index (χ3n) is 5.65. The molecule has 1 saturated heterocycles. The fourth-order valence-corrected chi connectivity index (χ4v) is 5.57. The standard InChI is InChI=1S/C19H20BrNO5/c1-2-7-25-18(23)9-3-5-10(6-4-9)21-17(22)13-11-8-12-14(13)19(24)26-16(12)15(11)20/h3-6,11-16H,2,7-8H2,1H3,(H,21,22)/t11-,12-,13-,14+,15+,16+/m1/s1. The van der Waals surface area contributed by atoms with Crippen molar-refractivity contribution in [1.82, 2.24) is 0 Å². The number of fused-ring (bicyclic) bond motifs is 1. The number of esters is 2. The van der Waals surface area contributed by atoms with Gasteiger partial charge in [-0.2, -0.15) is 0 Å². The Hall–Kier alpha value is -1.89. The van der Waals surface area contributed by atoms with Crippen molar-refractivity contribution >= 4 is 39.5 Å². The second kappa shape index (κ2) is 6.68. The molecule has 1 N–H and O–H groups in total. The summed E-state index contributed by atoms with van der Waals surface area (Å²) < 4.78 is 10.5. The molecular formula is C19H20BrNO5. The molecule has 3 fully saturated rings. The molecule has 3 aliphatic rings.